The molecule has 2 N–H and O–H groups in total. The van der Waals surface area contributed by atoms with E-state index in [2.05, 4.69) is 15.9 Å². The summed E-state index contributed by atoms with van der Waals surface area (Å²) >= 11 is 3.13. The van der Waals surface area contributed by atoms with Crippen molar-refractivity contribution in [3.05, 3.63) is 34.1 Å². The van der Waals surface area contributed by atoms with Crippen molar-refractivity contribution in [1.29, 1.82) is 0 Å². The molecule has 0 aromatic heterocycles. The number of hydrogen-bond donors (Lipinski definition) is 1. The van der Waals surface area contributed by atoms with Gasteiger partial charge in [-0.3, -0.25) is 0 Å². The lowest BCUT2D eigenvalue weighted by molar-refractivity contribution is 0.614. The fourth-order valence-corrected chi connectivity index (χ4v) is 1.50. The Morgan fingerprint density at radius 3 is 2.50 bits per heavy atom. The summed E-state index contributed by atoms with van der Waals surface area (Å²) in [6.45, 7) is 1.82. The van der Waals surface area contributed by atoms with Gasteiger partial charge in [-0.1, -0.05) is 12.1 Å². The van der Waals surface area contributed by atoms with Gasteiger partial charge >= 0.3 is 0 Å². The van der Waals surface area contributed by atoms with Crippen molar-refractivity contribution >= 4 is 28.3 Å². The minimum absolute atomic E-state index is 0. The van der Waals surface area contributed by atoms with Crippen molar-refractivity contribution in [1.82, 2.24) is 0 Å². The average molecular weight is 255 g/mol. The van der Waals surface area contributed by atoms with Crippen LogP contribution in [0.4, 0.5) is 4.39 Å². The molecule has 0 saturated heterocycles. The molecule has 1 aromatic rings. The van der Waals surface area contributed by atoms with Gasteiger partial charge in [0.05, 0.1) is 4.47 Å². The van der Waals surface area contributed by atoms with Crippen LogP contribution in [0.3, 0.4) is 0 Å². The van der Waals surface area contributed by atoms with Crippen LogP contribution in [0.15, 0.2) is 22.7 Å². The summed E-state index contributed by atoms with van der Waals surface area (Å²) in [6, 6.07) is 4.71. The molecule has 0 fully saturated rings. The molecule has 68 valence electrons. The second-order valence-corrected chi connectivity index (χ2v) is 3.22. The molecule has 0 saturated carbocycles. The van der Waals surface area contributed by atoms with Crippen LogP contribution in [-0.2, 0) is 0 Å². The number of benzene rings is 1. The topological polar surface area (TPSA) is 26.0 Å². The van der Waals surface area contributed by atoms with Crippen LogP contribution >= 0.6 is 28.3 Å². The maximum atomic E-state index is 12.8. The first kappa shape index (κ1) is 11.9. The van der Waals surface area contributed by atoms with E-state index in [0.29, 0.717) is 4.47 Å². The van der Waals surface area contributed by atoms with Crippen molar-refractivity contribution in [2.24, 2.45) is 5.73 Å². The van der Waals surface area contributed by atoms with Crippen LogP contribution in [0, 0.1) is 5.82 Å². The lowest BCUT2D eigenvalue weighted by Gasteiger charge is -2.07. The summed E-state index contributed by atoms with van der Waals surface area (Å²) in [5.74, 6) is -0.264. The van der Waals surface area contributed by atoms with E-state index in [4.69, 9.17) is 5.73 Å². The Balaban J connectivity index is 0.00000121. The molecule has 0 aliphatic rings. The van der Waals surface area contributed by atoms with E-state index in [0.717, 1.165) is 5.56 Å². The van der Waals surface area contributed by atoms with Gasteiger partial charge < -0.3 is 5.73 Å². The van der Waals surface area contributed by atoms with Gasteiger partial charge in [-0.2, -0.15) is 0 Å². The highest BCUT2D eigenvalue weighted by Gasteiger charge is 2.07. The third kappa shape index (κ3) is 2.44. The number of halogens is 3. The van der Waals surface area contributed by atoms with Crippen molar-refractivity contribution in [3.63, 3.8) is 0 Å². The van der Waals surface area contributed by atoms with Crippen LogP contribution < -0.4 is 5.73 Å². The summed E-state index contributed by atoms with van der Waals surface area (Å²) in [5, 5.41) is 0. The van der Waals surface area contributed by atoms with Gasteiger partial charge in [-0.15, -0.1) is 12.4 Å². The van der Waals surface area contributed by atoms with Crippen LogP contribution in [0.2, 0.25) is 0 Å². The largest absolute Gasteiger partial charge is 0.324 e. The molecule has 0 unspecified atom stereocenters. The molecular formula is C8H10BrClFN. The van der Waals surface area contributed by atoms with Gasteiger partial charge in [0.1, 0.15) is 5.82 Å². The van der Waals surface area contributed by atoms with Crippen LogP contribution in [-0.4, -0.2) is 0 Å². The maximum Gasteiger partial charge on any atom is 0.137 e. The summed E-state index contributed by atoms with van der Waals surface area (Å²) < 4.78 is 13.3. The lowest BCUT2D eigenvalue weighted by atomic mass is 10.1. The quantitative estimate of drug-likeness (QED) is 0.819. The predicted octanol–water partition coefficient (Wildman–Crippen LogP) is 3.03. The Hall–Kier alpha value is -0.120. The van der Waals surface area contributed by atoms with Crippen LogP contribution in [0.1, 0.15) is 18.5 Å². The average Bonchev–Trinajstić information content (AvgIpc) is 1.94. The van der Waals surface area contributed by atoms with Gasteiger partial charge in [-0.25, -0.2) is 4.39 Å². The third-order valence-electron chi connectivity index (χ3n) is 1.47. The lowest BCUT2D eigenvalue weighted by Crippen LogP contribution is -2.06. The second-order valence-electron chi connectivity index (χ2n) is 2.43. The zero-order valence-electron chi connectivity index (χ0n) is 6.55. The highest BCUT2D eigenvalue weighted by Crippen LogP contribution is 2.24. The molecule has 1 aromatic carbocycles. The predicted molar refractivity (Wildman–Crippen MR) is 54.0 cm³/mol. The van der Waals surface area contributed by atoms with Gasteiger partial charge in [0.25, 0.3) is 0 Å². The molecule has 1 nitrogen and oxygen atoms in total. The van der Waals surface area contributed by atoms with Crippen molar-refractivity contribution in [2.45, 2.75) is 13.0 Å². The van der Waals surface area contributed by atoms with E-state index in [1.54, 1.807) is 12.1 Å². The van der Waals surface area contributed by atoms with Crippen molar-refractivity contribution in [2.75, 3.05) is 0 Å². The van der Waals surface area contributed by atoms with E-state index in [9.17, 15) is 4.39 Å². The maximum absolute atomic E-state index is 12.8. The van der Waals surface area contributed by atoms with Gasteiger partial charge in [0.2, 0.25) is 0 Å². The van der Waals surface area contributed by atoms with Crippen molar-refractivity contribution < 1.29 is 4.39 Å². The molecule has 1 rings (SSSR count). The Kier molecular flexibility index (Phi) is 4.75. The van der Waals surface area contributed by atoms with Crippen LogP contribution in [0.25, 0.3) is 0 Å². The fourth-order valence-electron chi connectivity index (χ4n) is 0.872. The van der Waals surface area contributed by atoms with E-state index in [1.165, 1.54) is 6.07 Å². The third-order valence-corrected chi connectivity index (χ3v) is 2.31. The molecular weight excluding hydrogens is 244 g/mol. The zero-order chi connectivity index (χ0) is 8.43. The molecule has 0 radical (unpaired) electrons. The summed E-state index contributed by atoms with van der Waals surface area (Å²) in [4.78, 5) is 0. The number of hydrogen-bond acceptors (Lipinski definition) is 1. The normalized spacial score (nSPS) is 12.0. The van der Waals surface area contributed by atoms with Crippen LogP contribution in [0.5, 0.6) is 0 Å². The van der Waals surface area contributed by atoms with Gasteiger partial charge in [0.15, 0.2) is 0 Å². The Morgan fingerprint density at radius 2 is 2.08 bits per heavy atom. The molecule has 0 aliphatic heterocycles. The SMILES string of the molecule is C[C@@H](N)c1cccc(F)c1Br.Cl. The monoisotopic (exact) mass is 253 g/mol. The first-order valence-electron chi connectivity index (χ1n) is 3.32. The van der Waals surface area contributed by atoms with E-state index < -0.39 is 0 Å². The van der Waals surface area contributed by atoms with Gasteiger partial charge in [0, 0.05) is 6.04 Å². The first-order valence-corrected chi connectivity index (χ1v) is 4.11. The Labute approximate surface area is 85.7 Å². The highest BCUT2D eigenvalue weighted by atomic mass is 79.9. The molecule has 0 heterocycles. The molecule has 0 bridgehead atoms. The fraction of sp³-hybridized carbons (Fsp3) is 0.250. The molecule has 0 aliphatic carbocycles. The number of nitrogens with two attached hydrogens (primary N) is 1. The van der Waals surface area contributed by atoms with Crippen molar-refractivity contribution in [3.8, 4) is 0 Å². The Bertz CT molecular complexity index is 265. The summed E-state index contributed by atoms with van der Waals surface area (Å²) in [7, 11) is 0. The molecule has 4 heteroatoms. The zero-order valence-corrected chi connectivity index (χ0v) is 8.95. The van der Waals surface area contributed by atoms with E-state index in [-0.39, 0.29) is 24.3 Å². The highest BCUT2D eigenvalue weighted by molar-refractivity contribution is 9.10. The second kappa shape index (κ2) is 4.80. The number of rotatable bonds is 1. The standard InChI is InChI=1S/C8H9BrFN.ClH/c1-5(11)6-3-2-4-7(10)8(6)9;/h2-5H,11H2,1H3;1H/t5-;/m1./s1. The first-order chi connectivity index (χ1) is 5.13. The smallest absolute Gasteiger partial charge is 0.137 e. The summed E-state index contributed by atoms with van der Waals surface area (Å²) in [5.41, 5.74) is 6.38. The molecule has 0 amide bonds. The van der Waals surface area contributed by atoms with E-state index >= 15 is 0 Å². The minimum atomic E-state index is -0.264. The minimum Gasteiger partial charge on any atom is -0.324 e. The van der Waals surface area contributed by atoms with E-state index in [1.807, 2.05) is 6.92 Å². The molecule has 0 spiro atoms. The summed E-state index contributed by atoms with van der Waals surface area (Å²) in [6.07, 6.45) is 0. The van der Waals surface area contributed by atoms with Gasteiger partial charge in [-0.05, 0) is 34.5 Å². The Morgan fingerprint density at radius 1 is 1.50 bits per heavy atom. The molecule has 12 heavy (non-hydrogen) atoms. The molecule has 1 atom stereocenters.